The van der Waals surface area contributed by atoms with Crippen LogP contribution in [0.15, 0.2) is 24.3 Å². The summed E-state index contributed by atoms with van der Waals surface area (Å²) in [6.45, 7) is 2.29. The number of halogens is 1. The van der Waals surface area contributed by atoms with Crippen molar-refractivity contribution in [2.45, 2.75) is 19.3 Å². The number of carbonyl (C=O) groups is 1. The van der Waals surface area contributed by atoms with Gasteiger partial charge in [-0.15, -0.1) is 0 Å². The molecule has 2 rings (SSSR count). The second kappa shape index (κ2) is 11.8. The Kier molecular flexibility index (Phi) is 10.2. The van der Waals surface area contributed by atoms with Crippen molar-refractivity contribution in [3.63, 3.8) is 0 Å². The Morgan fingerprint density at radius 1 is 1.35 bits per heavy atom. The predicted octanol–water partition coefficient (Wildman–Crippen LogP) is 1.56. The average Bonchev–Trinajstić information content (AvgIpc) is 2.59. The number of hydrogen-bond donors (Lipinski definition) is 2. The molecule has 1 aliphatic heterocycles. The maximum Gasteiger partial charge on any atom is 0.290 e. The average molecular weight is 390 g/mol. The van der Waals surface area contributed by atoms with Gasteiger partial charge in [-0.2, -0.15) is 0 Å². The van der Waals surface area contributed by atoms with E-state index in [0.717, 1.165) is 32.4 Å². The fraction of sp³-hybridized carbons (Fsp3) is 0.588. The molecule has 148 valence electrons. The van der Waals surface area contributed by atoms with E-state index >= 15 is 0 Å². The van der Waals surface area contributed by atoms with Gasteiger partial charge in [0.15, 0.2) is 11.6 Å². The highest BCUT2D eigenvalue weighted by Crippen LogP contribution is 2.19. The van der Waals surface area contributed by atoms with Crippen LogP contribution in [-0.2, 0) is 14.8 Å². The molecule has 0 bridgehead atoms. The quantitative estimate of drug-likeness (QED) is 0.654. The minimum absolute atomic E-state index is 0.0650. The largest absolute Gasteiger partial charge is 0.489 e. The van der Waals surface area contributed by atoms with Crippen LogP contribution in [0.3, 0.4) is 0 Å². The SMILES string of the molecule is CN1CCC(CCNS(=O)(=O)CCOc2ccccc2F)CC1.O=CO. The maximum atomic E-state index is 13.4. The molecule has 0 saturated carbocycles. The third kappa shape index (κ3) is 9.12. The molecule has 0 amide bonds. The van der Waals surface area contributed by atoms with Crippen LogP contribution in [0.25, 0.3) is 0 Å². The van der Waals surface area contributed by atoms with Gasteiger partial charge in [-0.1, -0.05) is 12.1 Å². The molecule has 0 spiro atoms. The number of nitrogens with zero attached hydrogens (tertiary/aromatic N) is 1. The van der Waals surface area contributed by atoms with E-state index in [1.54, 1.807) is 12.1 Å². The molecule has 0 aliphatic carbocycles. The van der Waals surface area contributed by atoms with Crippen LogP contribution in [0.2, 0.25) is 0 Å². The summed E-state index contributed by atoms with van der Waals surface area (Å²) in [6, 6.07) is 5.97. The Bertz CT molecular complexity index is 634. The first-order valence-electron chi connectivity index (χ1n) is 8.49. The van der Waals surface area contributed by atoms with Gasteiger partial charge in [-0.25, -0.2) is 17.5 Å². The van der Waals surface area contributed by atoms with Crippen LogP contribution in [0.4, 0.5) is 4.39 Å². The minimum atomic E-state index is -3.38. The number of piperidine rings is 1. The van der Waals surface area contributed by atoms with E-state index in [1.165, 1.54) is 12.1 Å². The smallest absolute Gasteiger partial charge is 0.290 e. The summed E-state index contributed by atoms with van der Waals surface area (Å²) in [6.07, 6.45) is 3.10. The van der Waals surface area contributed by atoms with E-state index in [-0.39, 0.29) is 24.6 Å². The number of benzene rings is 1. The molecule has 7 nitrogen and oxygen atoms in total. The normalized spacial score (nSPS) is 15.8. The van der Waals surface area contributed by atoms with Crippen LogP contribution >= 0.6 is 0 Å². The van der Waals surface area contributed by atoms with Crippen LogP contribution in [0.1, 0.15) is 19.3 Å². The standard InChI is InChI=1S/C16H25FN2O3S.CH2O2/c1-19-10-7-14(8-11-19)6-9-18-23(20,21)13-12-22-16-5-3-2-4-15(16)17;2-1-3/h2-5,14,18H,6-13H2,1H3;1H,(H,2,3). The molecule has 2 N–H and O–H groups in total. The fourth-order valence-corrected chi connectivity index (χ4v) is 3.54. The van der Waals surface area contributed by atoms with E-state index < -0.39 is 15.8 Å². The van der Waals surface area contributed by atoms with Crippen molar-refractivity contribution in [1.29, 1.82) is 0 Å². The molecule has 1 heterocycles. The summed E-state index contributed by atoms with van der Waals surface area (Å²) in [4.78, 5) is 10.7. The molecule has 0 aromatic heterocycles. The fourth-order valence-electron chi connectivity index (χ4n) is 2.66. The molecule has 1 saturated heterocycles. The maximum absolute atomic E-state index is 13.4. The number of sulfonamides is 1. The zero-order chi connectivity index (χ0) is 19.4. The zero-order valence-electron chi connectivity index (χ0n) is 14.9. The molecule has 1 aliphatic rings. The number of hydrogen-bond acceptors (Lipinski definition) is 5. The van der Waals surface area contributed by atoms with Crippen molar-refractivity contribution >= 4 is 16.5 Å². The number of likely N-dealkylation sites (tertiary alicyclic amines) is 1. The van der Waals surface area contributed by atoms with E-state index in [0.29, 0.717) is 12.5 Å². The lowest BCUT2D eigenvalue weighted by atomic mass is 9.94. The number of para-hydroxylation sites is 1. The van der Waals surface area contributed by atoms with Gasteiger partial charge in [0.05, 0.1) is 5.75 Å². The van der Waals surface area contributed by atoms with Crippen LogP contribution < -0.4 is 9.46 Å². The molecule has 9 heteroatoms. The molecule has 1 fully saturated rings. The van der Waals surface area contributed by atoms with Gasteiger partial charge < -0.3 is 14.7 Å². The van der Waals surface area contributed by atoms with Gasteiger partial charge in [-0.3, -0.25) is 4.79 Å². The first-order chi connectivity index (χ1) is 12.4. The number of carboxylic acid groups (broad SMARTS) is 1. The Balaban J connectivity index is 0.00000105. The second-order valence-corrected chi connectivity index (χ2v) is 8.06. The minimum Gasteiger partial charge on any atom is -0.489 e. The molecular weight excluding hydrogens is 363 g/mol. The summed E-state index contributed by atoms with van der Waals surface area (Å²) in [7, 11) is -1.28. The van der Waals surface area contributed by atoms with E-state index in [9.17, 15) is 12.8 Å². The summed E-state index contributed by atoms with van der Waals surface area (Å²) < 4.78 is 44.9. The number of rotatable bonds is 8. The Hall–Kier alpha value is -1.71. The summed E-state index contributed by atoms with van der Waals surface area (Å²) >= 11 is 0. The number of nitrogens with one attached hydrogen (secondary N) is 1. The van der Waals surface area contributed by atoms with Gasteiger partial charge in [0, 0.05) is 6.54 Å². The van der Waals surface area contributed by atoms with Crippen LogP contribution in [0.5, 0.6) is 5.75 Å². The predicted molar refractivity (Wildman–Crippen MR) is 97.2 cm³/mol. The monoisotopic (exact) mass is 390 g/mol. The van der Waals surface area contributed by atoms with Crippen molar-refractivity contribution in [2.75, 3.05) is 39.0 Å². The van der Waals surface area contributed by atoms with Crippen LogP contribution in [-0.4, -0.2) is 63.9 Å². The molecule has 0 radical (unpaired) electrons. The van der Waals surface area contributed by atoms with Gasteiger partial charge in [-0.05, 0) is 57.5 Å². The van der Waals surface area contributed by atoms with Crippen molar-refractivity contribution in [1.82, 2.24) is 9.62 Å². The zero-order valence-corrected chi connectivity index (χ0v) is 15.8. The second-order valence-electron chi connectivity index (χ2n) is 6.13. The van der Waals surface area contributed by atoms with Gasteiger partial charge in [0.25, 0.3) is 6.47 Å². The lowest BCUT2D eigenvalue weighted by Crippen LogP contribution is -2.34. The summed E-state index contributed by atoms with van der Waals surface area (Å²) in [5.41, 5.74) is 0. The van der Waals surface area contributed by atoms with Gasteiger partial charge in [0.2, 0.25) is 10.0 Å². The third-order valence-corrected chi connectivity index (χ3v) is 5.51. The molecule has 0 unspecified atom stereocenters. The van der Waals surface area contributed by atoms with E-state index in [1.807, 2.05) is 0 Å². The van der Waals surface area contributed by atoms with Crippen LogP contribution in [0, 0.1) is 11.7 Å². The summed E-state index contributed by atoms with van der Waals surface area (Å²) in [5, 5.41) is 6.89. The van der Waals surface area contributed by atoms with Crippen molar-refractivity contribution in [3.8, 4) is 5.75 Å². The number of ether oxygens (including phenoxy) is 1. The highest BCUT2D eigenvalue weighted by molar-refractivity contribution is 7.89. The Morgan fingerprint density at radius 3 is 2.58 bits per heavy atom. The highest BCUT2D eigenvalue weighted by atomic mass is 32.2. The molecular formula is C17H27FN2O5S. The summed E-state index contributed by atoms with van der Waals surface area (Å²) in [5.74, 6) is 0.00655. The highest BCUT2D eigenvalue weighted by Gasteiger charge is 2.17. The molecule has 1 aromatic carbocycles. The molecule has 26 heavy (non-hydrogen) atoms. The van der Waals surface area contributed by atoms with Crippen molar-refractivity contribution in [2.24, 2.45) is 5.92 Å². The van der Waals surface area contributed by atoms with E-state index in [2.05, 4.69) is 16.7 Å². The topological polar surface area (TPSA) is 95.9 Å². The Morgan fingerprint density at radius 2 is 1.96 bits per heavy atom. The van der Waals surface area contributed by atoms with Gasteiger partial charge in [0.1, 0.15) is 6.61 Å². The molecule has 1 aromatic rings. The first kappa shape index (κ1) is 22.3. The lowest BCUT2D eigenvalue weighted by Gasteiger charge is -2.28. The van der Waals surface area contributed by atoms with Gasteiger partial charge >= 0.3 is 0 Å². The first-order valence-corrected chi connectivity index (χ1v) is 10.1. The van der Waals surface area contributed by atoms with Crippen molar-refractivity contribution < 1.29 is 27.4 Å². The van der Waals surface area contributed by atoms with Crippen molar-refractivity contribution in [3.05, 3.63) is 30.1 Å². The molecule has 0 atom stereocenters. The lowest BCUT2D eigenvalue weighted by molar-refractivity contribution is -0.122. The third-order valence-electron chi connectivity index (χ3n) is 4.16. The Labute approximate surface area is 154 Å². The van der Waals surface area contributed by atoms with E-state index in [4.69, 9.17) is 14.6 Å².